The molecule has 0 aliphatic heterocycles. The van der Waals surface area contributed by atoms with E-state index in [4.69, 9.17) is 11.6 Å². The van der Waals surface area contributed by atoms with Gasteiger partial charge in [0.2, 0.25) is 0 Å². The van der Waals surface area contributed by atoms with Crippen molar-refractivity contribution in [2.24, 2.45) is 0 Å². The summed E-state index contributed by atoms with van der Waals surface area (Å²) in [6.45, 7) is 2.04. The molecule has 0 aliphatic carbocycles. The molecule has 0 amide bonds. The van der Waals surface area contributed by atoms with Crippen LogP contribution in [0, 0.1) is 6.92 Å². The third kappa shape index (κ3) is 2.82. The number of halogens is 1. The van der Waals surface area contributed by atoms with Crippen molar-refractivity contribution in [2.75, 3.05) is 0 Å². The lowest BCUT2D eigenvalue weighted by molar-refractivity contribution is 0.183. The Kier molecular flexibility index (Phi) is 3.46. The Morgan fingerprint density at radius 2 is 2.07 bits per heavy atom. The summed E-state index contributed by atoms with van der Waals surface area (Å²) in [5.74, 6) is 0. The fourth-order valence-electron chi connectivity index (χ4n) is 1.39. The van der Waals surface area contributed by atoms with Gasteiger partial charge >= 0.3 is 0 Å². The average Bonchev–Trinajstić information content (AvgIpc) is 2.75. The van der Waals surface area contributed by atoms with Gasteiger partial charge in [-0.25, -0.2) is 0 Å². The van der Waals surface area contributed by atoms with Gasteiger partial charge in [-0.3, -0.25) is 0 Å². The second-order valence-electron chi connectivity index (χ2n) is 3.37. The van der Waals surface area contributed by atoms with Crippen molar-refractivity contribution in [3.63, 3.8) is 0 Å². The van der Waals surface area contributed by atoms with E-state index in [1.54, 1.807) is 11.3 Å². The van der Waals surface area contributed by atoms with Gasteiger partial charge in [-0.2, -0.15) is 0 Å². The van der Waals surface area contributed by atoms with E-state index in [2.05, 4.69) is 0 Å². The van der Waals surface area contributed by atoms with Crippen LogP contribution in [0.15, 0.2) is 24.3 Å². The number of aliphatic hydroxyl groups is 1. The molecule has 0 radical (unpaired) electrons. The number of aryl methyl sites for hydroxylation is 1. The van der Waals surface area contributed by atoms with Gasteiger partial charge in [0.1, 0.15) is 0 Å². The van der Waals surface area contributed by atoms with Crippen LogP contribution in [0.3, 0.4) is 0 Å². The number of rotatable bonds is 3. The van der Waals surface area contributed by atoms with Crippen molar-refractivity contribution in [1.82, 2.24) is 0 Å². The maximum Gasteiger partial charge on any atom is 0.0931 e. The zero-order valence-corrected chi connectivity index (χ0v) is 10.6. The van der Waals surface area contributed by atoms with Crippen molar-refractivity contribution >= 4 is 34.3 Å². The Morgan fingerprint density at radius 1 is 1.27 bits per heavy atom. The van der Waals surface area contributed by atoms with Crippen molar-refractivity contribution in [1.29, 1.82) is 0 Å². The van der Waals surface area contributed by atoms with Crippen molar-refractivity contribution in [3.8, 4) is 0 Å². The zero-order chi connectivity index (χ0) is 10.8. The summed E-state index contributed by atoms with van der Waals surface area (Å²) in [5, 5.41) is 9.97. The van der Waals surface area contributed by atoms with E-state index in [0.717, 1.165) is 14.1 Å². The SMILES string of the molecule is Cc1ccc(C(O)Cc2ccc(Cl)s2)s1. The van der Waals surface area contributed by atoms with E-state index in [1.807, 2.05) is 31.2 Å². The summed E-state index contributed by atoms with van der Waals surface area (Å²) < 4.78 is 0.777. The van der Waals surface area contributed by atoms with Gasteiger partial charge in [0.15, 0.2) is 0 Å². The Balaban J connectivity index is 2.06. The van der Waals surface area contributed by atoms with Gasteiger partial charge in [-0.1, -0.05) is 11.6 Å². The van der Waals surface area contributed by atoms with E-state index >= 15 is 0 Å². The monoisotopic (exact) mass is 258 g/mol. The van der Waals surface area contributed by atoms with Gasteiger partial charge in [-0.05, 0) is 31.2 Å². The molecule has 0 aliphatic rings. The molecule has 0 spiro atoms. The second-order valence-corrected chi connectivity index (χ2v) is 6.49. The Morgan fingerprint density at radius 3 is 2.60 bits per heavy atom. The fourth-order valence-corrected chi connectivity index (χ4v) is 3.37. The van der Waals surface area contributed by atoms with Gasteiger partial charge in [0.25, 0.3) is 0 Å². The third-order valence-corrected chi connectivity index (χ3v) is 4.47. The van der Waals surface area contributed by atoms with Gasteiger partial charge in [0, 0.05) is 21.1 Å². The molecular formula is C11H11ClOS2. The lowest BCUT2D eigenvalue weighted by Crippen LogP contribution is -1.97. The molecule has 2 aromatic heterocycles. The molecule has 0 aromatic carbocycles. The number of aliphatic hydroxyl groups excluding tert-OH is 1. The third-order valence-electron chi connectivity index (χ3n) is 2.11. The molecule has 1 N–H and O–H groups in total. The van der Waals surface area contributed by atoms with Crippen molar-refractivity contribution in [3.05, 3.63) is 43.2 Å². The summed E-state index contributed by atoms with van der Waals surface area (Å²) in [4.78, 5) is 3.38. The number of thiophene rings is 2. The van der Waals surface area contributed by atoms with Crippen LogP contribution < -0.4 is 0 Å². The normalized spacial score (nSPS) is 13.0. The molecule has 2 heterocycles. The highest BCUT2D eigenvalue weighted by atomic mass is 35.5. The van der Waals surface area contributed by atoms with Crippen LogP contribution in [0.4, 0.5) is 0 Å². The van der Waals surface area contributed by atoms with Gasteiger partial charge in [0.05, 0.1) is 10.4 Å². The summed E-state index contributed by atoms with van der Waals surface area (Å²) >= 11 is 9.00. The van der Waals surface area contributed by atoms with Crippen LogP contribution >= 0.6 is 34.3 Å². The molecule has 2 aromatic rings. The molecule has 15 heavy (non-hydrogen) atoms. The predicted molar refractivity (Wildman–Crippen MR) is 67.0 cm³/mol. The van der Waals surface area contributed by atoms with Crippen LogP contribution in [0.2, 0.25) is 4.34 Å². The van der Waals surface area contributed by atoms with Crippen molar-refractivity contribution in [2.45, 2.75) is 19.4 Å². The molecule has 0 bridgehead atoms. The lowest BCUT2D eigenvalue weighted by atomic mass is 10.2. The van der Waals surface area contributed by atoms with Gasteiger partial charge < -0.3 is 5.11 Å². The van der Waals surface area contributed by atoms with E-state index < -0.39 is 6.10 Å². The fraction of sp³-hybridized carbons (Fsp3) is 0.273. The smallest absolute Gasteiger partial charge is 0.0931 e. The summed E-state index contributed by atoms with van der Waals surface area (Å²) in [5.41, 5.74) is 0. The highest BCUT2D eigenvalue weighted by Gasteiger charge is 2.11. The maximum absolute atomic E-state index is 9.97. The van der Waals surface area contributed by atoms with Crippen molar-refractivity contribution < 1.29 is 5.11 Å². The predicted octanol–water partition coefficient (Wildman–Crippen LogP) is 4.05. The first-order valence-corrected chi connectivity index (χ1v) is 6.65. The molecule has 80 valence electrons. The number of hydrogen-bond acceptors (Lipinski definition) is 3. The number of hydrogen-bond donors (Lipinski definition) is 1. The molecule has 0 saturated carbocycles. The van der Waals surface area contributed by atoms with E-state index in [1.165, 1.54) is 16.2 Å². The molecule has 4 heteroatoms. The maximum atomic E-state index is 9.97. The molecule has 0 saturated heterocycles. The zero-order valence-electron chi connectivity index (χ0n) is 8.24. The molecule has 2 rings (SSSR count). The van der Waals surface area contributed by atoms with E-state index in [-0.39, 0.29) is 0 Å². The Labute approximate surface area is 102 Å². The highest BCUT2D eigenvalue weighted by molar-refractivity contribution is 7.16. The quantitative estimate of drug-likeness (QED) is 0.881. The lowest BCUT2D eigenvalue weighted by Gasteiger charge is -2.05. The molecule has 1 nitrogen and oxygen atoms in total. The standard InChI is InChI=1S/C11H11ClOS2/c1-7-2-4-10(14-7)9(13)6-8-3-5-11(12)15-8/h2-5,9,13H,6H2,1H3. The van der Waals surface area contributed by atoms with E-state index in [9.17, 15) is 5.11 Å². The van der Waals surface area contributed by atoms with Crippen LogP contribution in [-0.2, 0) is 6.42 Å². The first-order valence-electron chi connectivity index (χ1n) is 4.64. The second kappa shape index (κ2) is 4.66. The highest BCUT2D eigenvalue weighted by Crippen LogP contribution is 2.29. The first kappa shape index (κ1) is 11.1. The summed E-state index contributed by atoms with van der Waals surface area (Å²) in [7, 11) is 0. The minimum atomic E-state index is -0.404. The Bertz CT molecular complexity index is 447. The largest absolute Gasteiger partial charge is 0.387 e. The first-order chi connectivity index (χ1) is 7.15. The minimum absolute atomic E-state index is 0.404. The van der Waals surface area contributed by atoms with Gasteiger partial charge in [-0.15, -0.1) is 22.7 Å². The Hall–Kier alpha value is -0.350. The molecule has 1 unspecified atom stereocenters. The van der Waals surface area contributed by atoms with Crippen LogP contribution in [0.25, 0.3) is 0 Å². The average molecular weight is 259 g/mol. The van der Waals surface area contributed by atoms with E-state index in [0.29, 0.717) is 6.42 Å². The van der Waals surface area contributed by atoms with Crippen LogP contribution in [0.5, 0.6) is 0 Å². The molecule has 1 atom stereocenters. The van der Waals surface area contributed by atoms with Crippen LogP contribution in [-0.4, -0.2) is 5.11 Å². The topological polar surface area (TPSA) is 20.2 Å². The van der Waals surface area contributed by atoms with Crippen LogP contribution in [0.1, 0.15) is 20.7 Å². The summed E-state index contributed by atoms with van der Waals surface area (Å²) in [6.07, 6.45) is 0.246. The minimum Gasteiger partial charge on any atom is -0.387 e. The molecule has 0 fully saturated rings. The summed E-state index contributed by atoms with van der Waals surface area (Å²) in [6, 6.07) is 7.86. The molecular weight excluding hydrogens is 248 g/mol.